The second-order valence-electron chi connectivity index (χ2n) is 9.10. The number of aliphatic hydroxyl groups is 1. The van der Waals surface area contributed by atoms with Gasteiger partial charge >= 0.3 is 0 Å². The molecule has 0 saturated carbocycles. The summed E-state index contributed by atoms with van der Waals surface area (Å²) >= 11 is 0. The van der Waals surface area contributed by atoms with Crippen molar-refractivity contribution in [3.8, 4) is 0 Å². The molecule has 0 aliphatic rings. The first-order valence-electron chi connectivity index (χ1n) is 12.5. The summed E-state index contributed by atoms with van der Waals surface area (Å²) in [6, 6.07) is 51.7. The third-order valence-corrected chi connectivity index (χ3v) is 6.80. The molecular formula is C34H31NO. The van der Waals surface area contributed by atoms with Crippen LogP contribution in [-0.4, -0.2) is 5.11 Å². The molecule has 0 saturated heterocycles. The van der Waals surface area contributed by atoms with Gasteiger partial charge in [0.15, 0.2) is 0 Å². The Labute approximate surface area is 213 Å². The summed E-state index contributed by atoms with van der Waals surface area (Å²) in [6.07, 6.45) is -0.696. The van der Waals surface area contributed by atoms with Gasteiger partial charge in [-0.2, -0.15) is 0 Å². The highest BCUT2D eigenvalue weighted by atomic mass is 16.3. The van der Waals surface area contributed by atoms with Crippen LogP contribution in [0.15, 0.2) is 152 Å². The summed E-state index contributed by atoms with van der Waals surface area (Å²) in [7, 11) is 0. The third-order valence-electron chi connectivity index (χ3n) is 6.80. The minimum absolute atomic E-state index is 0.0493. The van der Waals surface area contributed by atoms with Crippen molar-refractivity contribution < 1.29 is 5.11 Å². The molecule has 0 aliphatic carbocycles. The first-order chi connectivity index (χ1) is 17.8. The van der Waals surface area contributed by atoms with Crippen LogP contribution in [0.2, 0.25) is 0 Å². The molecule has 178 valence electrons. The van der Waals surface area contributed by atoms with Crippen molar-refractivity contribution in [1.29, 1.82) is 0 Å². The average Bonchev–Trinajstić information content (AvgIpc) is 2.97. The van der Waals surface area contributed by atoms with E-state index < -0.39 is 6.10 Å². The maximum Gasteiger partial charge on any atom is 0.0876 e. The van der Waals surface area contributed by atoms with Crippen molar-refractivity contribution in [3.63, 3.8) is 0 Å². The highest BCUT2D eigenvalue weighted by Gasteiger charge is 2.34. The highest BCUT2D eigenvalue weighted by Crippen LogP contribution is 2.42. The first kappa shape index (κ1) is 23.7. The van der Waals surface area contributed by atoms with E-state index in [0.29, 0.717) is 0 Å². The maximum atomic E-state index is 11.9. The van der Waals surface area contributed by atoms with Gasteiger partial charge < -0.3 is 5.11 Å². The van der Waals surface area contributed by atoms with Gasteiger partial charge in [0.05, 0.1) is 12.1 Å². The Kier molecular flexibility index (Phi) is 7.67. The molecule has 5 aromatic rings. The van der Waals surface area contributed by atoms with E-state index >= 15 is 0 Å². The molecule has 5 aromatic carbocycles. The molecule has 0 bridgehead atoms. The lowest BCUT2D eigenvalue weighted by atomic mass is 9.79. The zero-order valence-corrected chi connectivity index (χ0v) is 20.2. The lowest BCUT2D eigenvalue weighted by molar-refractivity contribution is 0.122. The standard InChI is InChI=1S/C34H31NO/c36-34(30-24-14-5-15-25-30)31(26-16-6-1-7-17-26)33(29-22-12-4-13-23-29)35-32(27-18-8-2-9-19-27)28-20-10-3-11-21-28/h1-25,31-36H/t31-,33+,34+/m0/s1. The summed E-state index contributed by atoms with van der Waals surface area (Å²) in [5, 5.41) is 15.9. The molecule has 36 heavy (non-hydrogen) atoms. The summed E-state index contributed by atoms with van der Waals surface area (Å²) in [5.74, 6) is -0.217. The first-order valence-corrected chi connectivity index (χ1v) is 12.5. The minimum Gasteiger partial charge on any atom is -0.388 e. The van der Waals surface area contributed by atoms with Gasteiger partial charge in [0.1, 0.15) is 0 Å². The van der Waals surface area contributed by atoms with E-state index in [0.717, 1.165) is 16.7 Å². The summed E-state index contributed by atoms with van der Waals surface area (Å²) in [5.41, 5.74) is 5.51. The van der Waals surface area contributed by atoms with Gasteiger partial charge in [0, 0.05) is 12.0 Å². The molecule has 0 radical (unpaired) electrons. The molecule has 0 unspecified atom stereocenters. The van der Waals surface area contributed by atoms with Gasteiger partial charge in [-0.3, -0.25) is 5.32 Å². The van der Waals surface area contributed by atoms with E-state index in [-0.39, 0.29) is 18.0 Å². The summed E-state index contributed by atoms with van der Waals surface area (Å²) < 4.78 is 0. The van der Waals surface area contributed by atoms with Crippen LogP contribution in [0.1, 0.15) is 51.9 Å². The molecule has 0 spiro atoms. The van der Waals surface area contributed by atoms with Crippen molar-refractivity contribution in [1.82, 2.24) is 5.32 Å². The van der Waals surface area contributed by atoms with Crippen molar-refractivity contribution in [2.24, 2.45) is 0 Å². The highest BCUT2D eigenvalue weighted by molar-refractivity contribution is 5.36. The van der Waals surface area contributed by atoms with E-state index in [1.807, 2.05) is 66.7 Å². The van der Waals surface area contributed by atoms with Gasteiger partial charge in [-0.05, 0) is 27.8 Å². The molecule has 5 rings (SSSR count). The van der Waals surface area contributed by atoms with Gasteiger partial charge in [0.25, 0.3) is 0 Å². The molecule has 0 aromatic heterocycles. The number of nitrogens with one attached hydrogen (secondary N) is 1. The predicted molar refractivity (Wildman–Crippen MR) is 148 cm³/mol. The number of benzene rings is 5. The van der Waals surface area contributed by atoms with Crippen molar-refractivity contribution in [2.45, 2.75) is 24.1 Å². The van der Waals surface area contributed by atoms with Crippen molar-refractivity contribution in [3.05, 3.63) is 179 Å². The predicted octanol–water partition coefficient (Wildman–Crippen LogP) is 7.62. The van der Waals surface area contributed by atoms with Crippen LogP contribution in [0, 0.1) is 0 Å². The molecule has 0 amide bonds. The second-order valence-corrected chi connectivity index (χ2v) is 9.10. The molecule has 2 nitrogen and oxygen atoms in total. The zero-order chi connectivity index (χ0) is 24.6. The van der Waals surface area contributed by atoms with Gasteiger partial charge in [-0.25, -0.2) is 0 Å². The Balaban J connectivity index is 1.65. The number of aliphatic hydroxyl groups excluding tert-OH is 1. The average molecular weight is 470 g/mol. The Hall–Kier alpha value is -3.98. The second kappa shape index (κ2) is 11.6. The largest absolute Gasteiger partial charge is 0.388 e. The Morgan fingerprint density at radius 3 is 1.14 bits per heavy atom. The van der Waals surface area contributed by atoms with Crippen molar-refractivity contribution >= 4 is 0 Å². The van der Waals surface area contributed by atoms with Crippen molar-refractivity contribution in [2.75, 3.05) is 0 Å². The molecule has 3 atom stereocenters. The van der Waals surface area contributed by atoms with Crippen LogP contribution >= 0.6 is 0 Å². The summed E-state index contributed by atoms with van der Waals surface area (Å²) in [6.45, 7) is 0. The zero-order valence-electron chi connectivity index (χ0n) is 20.2. The van der Waals surface area contributed by atoms with E-state index in [1.165, 1.54) is 11.1 Å². The van der Waals surface area contributed by atoms with E-state index in [2.05, 4.69) is 90.2 Å². The molecule has 0 fully saturated rings. The van der Waals surface area contributed by atoms with E-state index in [4.69, 9.17) is 0 Å². The molecule has 2 N–H and O–H groups in total. The Morgan fingerprint density at radius 1 is 0.389 bits per heavy atom. The van der Waals surface area contributed by atoms with Crippen LogP contribution < -0.4 is 5.32 Å². The molecule has 0 aliphatic heterocycles. The quantitative estimate of drug-likeness (QED) is 0.233. The van der Waals surface area contributed by atoms with Crippen LogP contribution in [0.25, 0.3) is 0 Å². The van der Waals surface area contributed by atoms with Crippen LogP contribution in [0.5, 0.6) is 0 Å². The third kappa shape index (κ3) is 5.46. The number of hydrogen-bond acceptors (Lipinski definition) is 2. The fourth-order valence-electron chi connectivity index (χ4n) is 5.01. The van der Waals surface area contributed by atoms with Crippen LogP contribution in [0.3, 0.4) is 0 Å². The maximum absolute atomic E-state index is 11.9. The summed E-state index contributed by atoms with van der Waals surface area (Å²) in [4.78, 5) is 0. The normalized spacial score (nSPS) is 13.7. The lowest BCUT2D eigenvalue weighted by Gasteiger charge is -2.36. The van der Waals surface area contributed by atoms with Crippen LogP contribution in [-0.2, 0) is 0 Å². The minimum atomic E-state index is -0.696. The van der Waals surface area contributed by atoms with Gasteiger partial charge in [-0.1, -0.05) is 152 Å². The number of rotatable bonds is 9. The molecular weight excluding hydrogens is 438 g/mol. The molecule has 0 heterocycles. The van der Waals surface area contributed by atoms with Gasteiger partial charge in [0.2, 0.25) is 0 Å². The topological polar surface area (TPSA) is 32.3 Å². The van der Waals surface area contributed by atoms with E-state index in [9.17, 15) is 5.11 Å². The monoisotopic (exact) mass is 469 g/mol. The fraction of sp³-hybridized carbons (Fsp3) is 0.118. The molecule has 2 heteroatoms. The van der Waals surface area contributed by atoms with E-state index in [1.54, 1.807) is 0 Å². The van der Waals surface area contributed by atoms with Gasteiger partial charge in [-0.15, -0.1) is 0 Å². The Morgan fingerprint density at radius 2 is 0.722 bits per heavy atom. The fourth-order valence-corrected chi connectivity index (χ4v) is 5.01. The number of hydrogen-bond donors (Lipinski definition) is 2. The van der Waals surface area contributed by atoms with Crippen LogP contribution in [0.4, 0.5) is 0 Å². The smallest absolute Gasteiger partial charge is 0.0876 e. The SMILES string of the molecule is O[C@H](c1ccccc1)[C@@H](c1ccccc1)[C@H](NC(c1ccccc1)c1ccccc1)c1ccccc1. The Bertz CT molecular complexity index is 1270. The lowest BCUT2D eigenvalue weighted by Crippen LogP contribution is -2.34.